The number of hydrogen-bond acceptors (Lipinski definition) is 2. The SMILES string of the molecule is CC(C)C(C)NCCC1CCCNC1. The van der Waals surface area contributed by atoms with Crippen molar-refractivity contribution in [2.24, 2.45) is 11.8 Å². The first-order chi connectivity index (χ1) is 6.70. The van der Waals surface area contributed by atoms with Crippen molar-refractivity contribution in [3.63, 3.8) is 0 Å². The second kappa shape index (κ2) is 6.41. The molecular weight excluding hydrogens is 172 g/mol. The van der Waals surface area contributed by atoms with Gasteiger partial charge < -0.3 is 10.6 Å². The number of piperidine rings is 1. The van der Waals surface area contributed by atoms with Crippen LogP contribution >= 0.6 is 0 Å². The first-order valence-electron chi connectivity index (χ1n) is 6.14. The van der Waals surface area contributed by atoms with Crippen LogP contribution in [-0.4, -0.2) is 25.7 Å². The van der Waals surface area contributed by atoms with Crippen LogP contribution in [0.15, 0.2) is 0 Å². The van der Waals surface area contributed by atoms with Crippen LogP contribution in [0.2, 0.25) is 0 Å². The Balaban J connectivity index is 2.02. The van der Waals surface area contributed by atoms with Gasteiger partial charge in [0.05, 0.1) is 0 Å². The highest BCUT2D eigenvalue weighted by molar-refractivity contribution is 4.71. The molecule has 2 heteroatoms. The molecule has 0 spiro atoms. The summed E-state index contributed by atoms with van der Waals surface area (Å²) in [6.07, 6.45) is 4.12. The van der Waals surface area contributed by atoms with Crippen LogP contribution in [0.4, 0.5) is 0 Å². The topological polar surface area (TPSA) is 24.1 Å². The Morgan fingerprint density at radius 1 is 1.36 bits per heavy atom. The summed E-state index contributed by atoms with van der Waals surface area (Å²) in [6.45, 7) is 10.5. The fraction of sp³-hybridized carbons (Fsp3) is 1.00. The van der Waals surface area contributed by atoms with Crippen molar-refractivity contribution in [3.8, 4) is 0 Å². The van der Waals surface area contributed by atoms with E-state index in [2.05, 4.69) is 31.4 Å². The molecule has 1 heterocycles. The summed E-state index contributed by atoms with van der Waals surface area (Å²) in [5.74, 6) is 1.66. The van der Waals surface area contributed by atoms with E-state index in [0.717, 1.165) is 11.8 Å². The van der Waals surface area contributed by atoms with Crippen LogP contribution in [0.5, 0.6) is 0 Å². The molecule has 0 bridgehead atoms. The van der Waals surface area contributed by atoms with Crippen LogP contribution in [0.1, 0.15) is 40.0 Å². The number of hydrogen-bond donors (Lipinski definition) is 2. The van der Waals surface area contributed by atoms with E-state index >= 15 is 0 Å². The van der Waals surface area contributed by atoms with Gasteiger partial charge in [-0.05, 0) is 57.7 Å². The zero-order valence-corrected chi connectivity index (χ0v) is 9.97. The third-order valence-electron chi connectivity index (χ3n) is 3.42. The molecule has 2 unspecified atom stereocenters. The van der Waals surface area contributed by atoms with E-state index in [9.17, 15) is 0 Å². The smallest absolute Gasteiger partial charge is 0.00617 e. The summed E-state index contributed by atoms with van der Waals surface area (Å²) in [7, 11) is 0. The lowest BCUT2D eigenvalue weighted by Crippen LogP contribution is -2.35. The summed E-state index contributed by atoms with van der Waals surface area (Å²) in [5, 5.41) is 7.07. The van der Waals surface area contributed by atoms with E-state index in [1.54, 1.807) is 0 Å². The van der Waals surface area contributed by atoms with Crippen molar-refractivity contribution in [2.45, 2.75) is 46.1 Å². The molecule has 2 nitrogen and oxygen atoms in total. The minimum atomic E-state index is 0.659. The molecule has 14 heavy (non-hydrogen) atoms. The van der Waals surface area contributed by atoms with Gasteiger partial charge >= 0.3 is 0 Å². The highest BCUT2D eigenvalue weighted by Gasteiger charge is 2.13. The molecule has 0 saturated carbocycles. The maximum Gasteiger partial charge on any atom is 0.00617 e. The normalized spacial score (nSPS) is 25.3. The van der Waals surface area contributed by atoms with Crippen LogP contribution < -0.4 is 10.6 Å². The molecular formula is C12H26N2. The molecule has 1 saturated heterocycles. The zero-order chi connectivity index (χ0) is 10.4. The van der Waals surface area contributed by atoms with E-state index < -0.39 is 0 Å². The Hall–Kier alpha value is -0.0800. The third-order valence-corrected chi connectivity index (χ3v) is 3.42. The van der Waals surface area contributed by atoms with Crippen molar-refractivity contribution in [2.75, 3.05) is 19.6 Å². The summed E-state index contributed by atoms with van der Waals surface area (Å²) < 4.78 is 0. The average Bonchev–Trinajstić information content (AvgIpc) is 2.19. The maximum absolute atomic E-state index is 3.60. The van der Waals surface area contributed by atoms with Crippen molar-refractivity contribution < 1.29 is 0 Å². The lowest BCUT2D eigenvalue weighted by Gasteiger charge is -2.24. The Bertz CT molecular complexity index is 139. The molecule has 2 N–H and O–H groups in total. The summed E-state index contributed by atoms with van der Waals surface area (Å²) in [6, 6.07) is 0.659. The Morgan fingerprint density at radius 3 is 2.71 bits per heavy atom. The van der Waals surface area contributed by atoms with E-state index in [1.165, 1.54) is 38.9 Å². The lowest BCUT2D eigenvalue weighted by molar-refractivity contribution is 0.335. The van der Waals surface area contributed by atoms with Gasteiger partial charge in [0.15, 0.2) is 0 Å². The standard InChI is InChI=1S/C12H26N2/c1-10(2)11(3)14-8-6-12-5-4-7-13-9-12/h10-14H,4-9H2,1-3H3. The molecule has 0 amide bonds. The highest BCUT2D eigenvalue weighted by atomic mass is 14.9. The molecule has 0 radical (unpaired) electrons. The Kier molecular flexibility index (Phi) is 5.49. The molecule has 0 aliphatic carbocycles. The van der Waals surface area contributed by atoms with E-state index in [-0.39, 0.29) is 0 Å². The van der Waals surface area contributed by atoms with Gasteiger partial charge in [-0.1, -0.05) is 13.8 Å². The number of rotatable bonds is 5. The Morgan fingerprint density at radius 2 is 2.14 bits per heavy atom. The molecule has 0 aromatic rings. The van der Waals surface area contributed by atoms with Gasteiger partial charge in [0, 0.05) is 6.04 Å². The van der Waals surface area contributed by atoms with Gasteiger partial charge in [-0.25, -0.2) is 0 Å². The molecule has 0 aromatic carbocycles. The molecule has 84 valence electrons. The maximum atomic E-state index is 3.60. The Labute approximate surface area is 88.8 Å². The van der Waals surface area contributed by atoms with Gasteiger partial charge in [0.25, 0.3) is 0 Å². The molecule has 0 aromatic heterocycles. The minimum Gasteiger partial charge on any atom is -0.316 e. The van der Waals surface area contributed by atoms with Crippen molar-refractivity contribution in [3.05, 3.63) is 0 Å². The quantitative estimate of drug-likeness (QED) is 0.706. The van der Waals surface area contributed by atoms with Crippen LogP contribution in [0, 0.1) is 11.8 Å². The van der Waals surface area contributed by atoms with E-state index in [4.69, 9.17) is 0 Å². The largest absolute Gasteiger partial charge is 0.316 e. The summed E-state index contributed by atoms with van der Waals surface area (Å²) in [4.78, 5) is 0. The first kappa shape index (κ1) is 12.0. The third kappa shape index (κ3) is 4.43. The highest BCUT2D eigenvalue weighted by Crippen LogP contribution is 2.13. The summed E-state index contributed by atoms with van der Waals surface area (Å²) >= 11 is 0. The summed E-state index contributed by atoms with van der Waals surface area (Å²) in [5.41, 5.74) is 0. The first-order valence-corrected chi connectivity index (χ1v) is 6.14. The lowest BCUT2D eigenvalue weighted by atomic mass is 9.96. The predicted molar refractivity (Wildman–Crippen MR) is 62.5 cm³/mol. The average molecular weight is 198 g/mol. The van der Waals surface area contributed by atoms with Crippen molar-refractivity contribution >= 4 is 0 Å². The fourth-order valence-corrected chi connectivity index (χ4v) is 1.92. The van der Waals surface area contributed by atoms with Crippen LogP contribution in [-0.2, 0) is 0 Å². The van der Waals surface area contributed by atoms with Crippen LogP contribution in [0.25, 0.3) is 0 Å². The van der Waals surface area contributed by atoms with E-state index in [0.29, 0.717) is 6.04 Å². The van der Waals surface area contributed by atoms with E-state index in [1.807, 2.05) is 0 Å². The zero-order valence-electron chi connectivity index (χ0n) is 9.97. The minimum absolute atomic E-state index is 0.659. The van der Waals surface area contributed by atoms with Crippen molar-refractivity contribution in [1.82, 2.24) is 10.6 Å². The monoisotopic (exact) mass is 198 g/mol. The molecule has 1 fully saturated rings. The second-order valence-corrected chi connectivity index (χ2v) is 4.99. The molecule has 2 atom stereocenters. The number of nitrogens with one attached hydrogen (secondary N) is 2. The molecule has 1 aliphatic heterocycles. The van der Waals surface area contributed by atoms with Gasteiger partial charge in [0.1, 0.15) is 0 Å². The van der Waals surface area contributed by atoms with Crippen LogP contribution in [0.3, 0.4) is 0 Å². The molecule has 1 aliphatic rings. The van der Waals surface area contributed by atoms with Gasteiger partial charge in [-0.3, -0.25) is 0 Å². The van der Waals surface area contributed by atoms with Crippen molar-refractivity contribution in [1.29, 1.82) is 0 Å². The van der Waals surface area contributed by atoms with Gasteiger partial charge in [-0.2, -0.15) is 0 Å². The second-order valence-electron chi connectivity index (χ2n) is 4.99. The molecule has 1 rings (SSSR count). The fourth-order valence-electron chi connectivity index (χ4n) is 1.92. The van der Waals surface area contributed by atoms with Gasteiger partial charge in [0.2, 0.25) is 0 Å². The van der Waals surface area contributed by atoms with Gasteiger partial charge in [-0.15, -0.1) is 0 Å². The predicted octanol–water partition coefficient (Wildman–Crippen LogP) is 2.01.